The van der Waals surface area contributed by atoms with E-state index in [-0.39, 0.29) is 0 Å². The summed E-state index contributed by atoms with van der Waals surface area (Å²) in [5.74, 6) is 1.70. The molecule has 67 heavy (non-hydrogen) atoms. The lowest BCUT2D eigenvalue weighted by Crippen LogP contribution is -2.00. The van der Waals surface area contributed by atoms with E-state index in [1.54, 1.807) is 11.3 Å². The minimum Gasteiger partial charge on any atom is -0.294 e. The third-order valence-corrected chi connectivity index (χ3v) is 13.7. The third-order valence-electron chi connectivity index (χ3n) is 12.7. The summed E-state index contributed by atoms with van der Waals surface area (Å²) in [7, 11) is 0. The van der Waals surface area contributed by atoms with Gasteiger partial charge in [0, 0.05) is 43.8 Å². The van der Waals surface area contributed by atoms with Crippen molar-refractivity contribution in [3.05, 3.63) is 231 Å². The zero-order chi connectivity index (χ0) is 44.3. The molecular formula is C60H38N6S. The Morgan fingerprint density at radius 3 is 1.07 bits per heavy atom. The Morgan fingerprint density at radius 1 is 0.299 bits per heavy atom. The fourth-order valence-corrected chi connectivity index (χ4v) is 10.6. The average molecular weight is 875 g/mol. The predicted octanol–water partition coefficient (Wildman–Crippen LogP) is 15.5. The first-order valence-electron chi connectivity index (χ1n) is 22.4. The molecule has 7 heteroatoms. The molecule has 0 fully saturated rings. The summed E-state index contributed by atoms with van der Waals surface area (Å²) >= 11 is 1.62. The van der Waals surface area contributed by atoms with Crippen molar-refractivity contribution in [2.75, 3.05) is 0 Å². The van der Waals surface area contributed by atoms with Gasteiger partial charge in [-0.25, -0.2) is 9.97 Å². The predicted molar refractivity (Wildman–Crippen MR) is 277 cm³/mol. The quantitative estimate of drug-likeness (QED) is 0.153. The molecule has 0 saturated carbocycles. The van der Waals surface area contributed by atoms with E-state index in [9.17, 15) is 0 Å². The molecule has 6 nitrogen and oxygen atoms in total. The topological polar surface area (TPSA) is 61.4 Å². The Balaban J connectivity index is 0.977. The van der Waals surface area contributed by atoms with Gasteiger partial charge in [0.05, 0.1) is 33.5 Å². The van der Waals surface area contributed by atoms with Crippen LogP contribution in [0.25, 0.3) is 121 Å². The first kappa shape index (κ1) is 38.7. The number of pyridine rings is 2. The number of rotatable bonds is 8. The molecule has 0 unspecified atom stereocenters. The van der Waals surface area contributed by atoms with Crippen molar-refractivity contribution in [3.63, 3.8) is 0 Å². The van der Waals surface area contributed by atoms with Crippen molar-refractivity contribution in [2.24, 2.45) is 0 Å². The second-order valence-electron chi connectivity index (χ2n) is 16.7. The standard InChI is InChI=1S/C60H38N6S/c1-5-19-39(20-6-1)43-35-49(41-23-9-3-10-24-41)61-55(37-43)65-51-31-15-13-27-45(51)57-47(29-17-33-53(57)65)59-63-64-60(67-59)48-30-18-34-54-58(48)46-28-14-16-32-52(46)66(54)56-38-44(40-21-7-2-8-22-40)36-50(62-56)42-25-11-4-12-26-42/h1-38H. The molecule has 314 valence electrons. The second kappa shape index (κ2) is 16.0. The molecule has 0 spiro atoms. The highest BCUT2D eigenvalue weighted by Crippen LogP contribution is 2.44. The Labute approximate surface area is 390 Å². The van der Waals surface area contributed by atoms with Crippen LogP contribution >= 0.6 is 11.3 Å². The number of nitrogens with zero attached hydrogens (tertiary/aromatic N) is 6. The summed E-state index contributed by atoms with van der Waals surface area (Å²) in [6, 6.07) is 80.9. The van der Waals surface area contributed by atoms with Crippen LogP contribution < -0.4 is 0 Å². The molecule has 5 aromatic heterocycles. The summed E-state index contributed by atoms with van der Waals surface area (Å²) in [6.45, 7) is 0. The number of hydrogen-bond donors (Lipinski definition) is 0. The lowest BCUT2D eigenvalue weighted by Gasteiger charge is -2.13. The monoisotopic (exact) mass is 874 g/mol. The van der Waals surface area contributed by atoms with Gasteiger partial charge in [-0.3, -0.25) is 9.13 Å². The van der Waals surface area contributed by atoms with Crippen molar-refractivity contribution < 1.29 is 0 Å². The molecule has 8 aromatic carbocycles. The van der Waals surface area contributed by atoms with E-state index in [0.717, 1.165) is 121 Å². The Bertz CT molecular complexity index is 3590. The molecule has 0 amide bonds. The maximum atomic E-state index is 5.37. The van der Waals surface area contributed by atoms with Crippen LogP contribution in [0.5, 0.6) is 0 Å². The van der Waals surface area contributed by atoms with Gasteiger partial charge >= 0.3 is 0 Å². The van der Waals surface area contributed by atoms with Gasteiger partial charge in [0.1, 0.15) is 21.7 Å². The van der Waals surface area contributed by atoms with E-state index in [1.165, 1.54) is 0 Å². The molecule has 0 aliphatic heterocycles. The molecule has 13 rings (SSSR count). The van der Waals surface area contributed by atoms with E-state index in [4.69, 9.17) is 20.2 Å². The first-order valence-corrected chi connectivity index (χ1v) is 23.2. The van der Waals surface area contributed by atoms with Crippen molar-refractivity contribution >= 4 is 54.9 Å². The first-order chi connectivity index (χ1) is 33.2. The molecule has 0 aliphatic rings. The minimum absolute atomic E-state index is 0.851. The summed E-state index contributed by atoms with van der Waals surface area (Å²) in [5.41, 5.74) is 14.8. The second-order valence-corrected chi connectivity index (χ2v) is 17.7. The van der Waals surface area contributed by atoms with Crippen LogP contribution in [-0.2, 0) is 0 Å². The number of para-hydroxylation sites is 2. The van der Waals surface area contributed by atoms with Crippen LogP contribution in [0, 0.1) is 0 Å². The van der Waals surface area contributed by atoms with Crippen LogP contribution in [0.2, 0.25) is 0 Å². The van der Waals surface area contributed by atoms with Gasteiger partial charge in [0.15, 0.2) is 0 Å². The van der Waals surface area contributed by atoms with Gasteiger partial charge in [0.25, 0.3) is 0 Å². The SMILES string of the molecule is c1ccc(-c2cc(-c3ccccc3)nc(-n3c4ccccc4c4c(-c5nnc(-c6cccc7c6c6ccccc6n7-c6cc(-c7ccccc7)cc(-c7ccccc7)n6)s5)cccc43)c2)cc1. The molecule has 0 aliphatic carbocycles. The Kier molecular flexibility index (Phi) is 9.25. The van der Waals surface area contributed by atoms with Crippen molar-refractivity contribution in [2.45, 2.75) is 0 Å². The number of aromatic nitrogens is 6. The van der Waals surface area contributed by atoms with E-state index in [0.29, 0.717) is 0 Å². The van der Waals surface area contributed by atoms with E-state index in [2.05, 4.69) is 228 Å². The van der Waals surface area contributed by atoms with E-state index >= 15 is 0 Å². The normalized spacial score (nSPS) is 11.6. The lowest BCUT2D eigenvalue weighted by atomic mass is 10.0. The molecule has 5 heterocycles. The highest BCUT2D eigenvalue weighted by molar-refractivity contribution is 7.18. The van der Waals surface area contributed by atoms with Crippen LogP contribution in [0.3, 0.4) is 0 Å². The zero-order valence-electron chi connectivity index (χ0n) is 36.0. The summed E-state index contributed by atoms with van der Waals surface area (Å²) < 4.78 is 4.60. The molecule has 13 aromatic rings. The minimum atomic E-state index is 0.851. The van der Waals surface area contributed by atoms with Crippen LogP contribution in [0.4, 0.5) is 0 Å². The van der Waals surface area contributed by atoms with Gasteiger partial charge in [-0.05, 0) is 70.8 Å². The Hall–Kier alpha value is -8.78. The molecule has 0 bridgehead atoms. The summed E-state index contributed by atoms with van der Waals surface area (Å²) in [4.78, 5) is 10.7. The fourth-order valence-electron chi connectivity index (χ4n) is 9.70. The molecule has 0 N–H and O–H groups in total. The van der Waals surface area contributed by atoms with Crippen LogP contribution in [-0.4, -0.2) is 29.3 Å². The summed E-state index contributed by atoms with van der Waals surface area (Å²) in [5, 5.41) is 16.1. The molecule has 0 atom stereocenters. The highest BCUT2D eigenvalue weighted by atomic mass is 32.1. The fraction of sp³-hybridized carbons (Fsp3) is 0. The van der Waals surface area contributed by atoms with Crippen molar-refractivity contribution in [1.29, 1.82) is 0 Å². The average Bonchev–Trinajstić information content (AvgIpc) is 4.13. The van der Waals surface area contributed by atoms with Crippen LogP contribution in [0.1, 0.15) is 0 Å². The van der Waals surface area contributed by atoms with Gasteiger partial charge in [-0.2, -0.15) is 0 Å². The van der Waals surface area contributed by atoms with Crippen molar-refractivity contribution in [3.8, 4) is 77.5 Å². The summed E-state index contributed by atoms with van der Waals surface area (Å²) in [6.07, 6.45) is 0. The molecule has 0 radical (unpaired) electrons. The smallest absolute Gasteiger partial charge is 0.148 e. The highest BCUT2D eigenvalue weighted by Gasteiger charge is 2.23. The van der Waals surface area contributed by atoms with E-state index < -0.39 is 0 Å². The Morgan fingerprint density at radius 2 is 0.657 bits per heavy atom. The maximum absolute atomic E-state index is 5.37. The zero-order valence-corrected chi connectivity index (χ0v) is 36.8. The van der Waals surface area contributed by atoms with Gasteiger partial charge in [0.2, 0.25) is 0 Å². The number of hydrogen-bond acceptors (Lipinski definition) is 5. The van der Waals surface area contributed by atoms with Gasteiger partial charge < -0.3 is 0 Å². The van der Waals surface area contributed by atoms with Crippen LogP contribution in [0.15, 0.2) is 231 Å². The number of fused-ring (bicyclic) bond motifs is 6. The number of benzene rings is 8. The molecular weight excluding hydrogens is 837 g/mol. The lowest BCUT2D eigenvalue weighted by molar-refractivity contribution is 1.08. The maximum Gasteiger partial charge on any atom is 0.148 e. The largest absolute Gasteiger partial charge is 0.294 e. The van der Waals surface area contributed by atoms with Crippen molar-refractivity contribution in [1.82, 2.24) is 29.3 Å². The van der Waals surface area contributed by atoms with Gasteiger partial charge in [-0.1, -0.05) is 193 Å². The molecule has 0 saturated heterocycles. The third kappa shape index (κ3) is 6.63. The van der Waals surface area contributed by atoms with Gasteiger partial charge in [-0.15, -0.1) is 10.2 Å². The van der Waals surface area contributed by atoms with E-state index in [1.807, 2.05) is 12.1 Å².